The lowest BCUT2D eigenvalue weighted by Crippen LogP contribution is -2.35. The Morgan fingerprint density at radius 1 is 1.10 bits per heavy atom. The average Bonchev–Trinajstić information content (AvgIpc) is 2.33. The number of carbonyl (C=O) groups excluding carboxylic acids is 3. The molecule has 0 N–H and O–H groups in total. The number of anilines is 1. The largest absolute Gasteiger partial charge is 0.462 e. The number of rotatable bonds is 3. The van der Waals surface area contributed by atoms with Gasteiger partial charge in [-0.25, -0.2) is 9.69 Å². The second kappa shape index (κ2) is 8.04. The lowest BCUT2D eigenvalue weighted by molar-refractivity contribution is -0.124. The van der Waals surface area contributed by atoms with Crippen molar-refractivity contribution in [3.05, 3.63) is 22.3 Å². The molecule has 0 heterocycles. The van der Waals surface area contributed by atoms with Crippen LogP contribution in [0, 0.1) is 10.7 Å². The molecule has 1 rings (SSSR count). The summed E-state index contributed by atoms with van der Waals surface area (Å²) in [6, 6.07) is 1.75. The molecule has 0 unspecified atom stereocenters. The monoisotopic (exact) mass is 627 g/mol. The van der Waals surface area contributed by atoms with Crippen molar-refractivity contribution in [2.24, 2.45) is 0 Å². The van der Waals surface area contributed by atoms with E-state index >= 15 is 0 Å². The molecular formula is C13H12I3NO4. The van der Waals surface area contributed by atoms with Gasteiger partial charge in [-0.1, -0.05) is 0 Å². The molecule has 0 aliphatic carbocycles. The van der Waals surface area contributed by atoms with Crippen molar-refractivity contribution in [3.63, 3.8) is 0 Å². The molecule has 2 amide bonds. The van der Waals surface area contributed by atoms with Crippen LogP contribution in [0.15, 0.2) is 6.07 Å². The lowest BCUT2D eigenvalue weighted by atomic mass is 10.2. The molecule has 0 aliphatic rings. The molecule has 0 fully saturated rings. The standard InChI is InChI=1S/C13H12I3NO4/c1-4-21-13(20)10-8(14)5-9(15)12(11(10)16)17(6(2)18)7(3)19/h5H,4H2,1-3H3. The first-order valence-corrected chi connectivity index (χ1v) is 9.11. The predicted molar refractivity (Wildman–Crippen MR) is 104 cm³/mol. The van der Waals surface area contributed by atoms with E-state index in [2.05, 4.69) is 0 Å². The van der Waals surface area contributed by atoms with Crippen molar-refractivity contribution < 1.29 is 19.1 Å². The van der Waals surface area contributed by atoms with Crippen LogP contribution in [0.25, 0.3) is 0 Å². The van der Waals surface area contributed by atoms with Crippen molar-refractivity contribution in [3.8, 4) is 0 Å². The maximum absolute atomic E-state index is 12.1. The van der Waals surface area contributed by atoms with Crippen molar-refractivity contribution in [2.75, 3.05) is 11.5 Å². The van der Waals surface area contributed by atoms with Crippen molar-refractivity contribution in [2.45, 2.75) is 20.8 Å². The van der Waals surface area contributed by atoms with E-state index in [4.69, 9.17) is 4.74 Å². The summed E-state index contributed by atoms with van der Waals surface area (Å²) < 4.78 is 7.02. The first kappa shape index (κ1) is 19.1. The third kappa shape index (κ3) is 4.27. The van der Waals surface area contributed by atoms with Gasteiger partial charge in [0.05, 0.1) is 21.4 Å². The van der Waals surface area contributed by atoms with Crippen LogP contribution in [0.3, 0.4) is 0 Å². The number of benzene rings is 1. The van der Waals surface area contributed by atoms with Crippen molar-refractivity contribution in [1.29, 1.82) is 0 Å². The molecule has 5 nitrogen and oxygen atoms in total. The molecule has 0 atom stereocenters. The summed E-state index contributed by atoms with van der Waals surface area (Å²) in [4.78, 5) is 36.7. The predicted octanol–water partition coefficient (Wildman–Crippen LogP) is 3.58. The molecule has 0 aromatic heterocycles. The fourth-order valence-electron chi connectivity index (χ4n) is 1.71. The highest BCUT2D eigenvalue weighted by Crippen LogP contribution is 2.35. The van der Waals surface area contributed by atoms with Gasteiger partial charge in [-0.3, -0.25) is 9.59 Å². The van der Waals surface area contributed by atoms with E-state index < -0.39 is 17.8 Å². The van der Waals surface area contributed by atoms with Crippen molar-refractivity contribution in [1.82, 2.24) is 0 Å². The minimum atomic E-state index is -0.462. The molecule has 21 heavy (non-hydrogen) atoms. The summed E-state index contributed by atoms with van der Waals surface area (Å²) in [5.74, 6) is -1.25. The van der Waals surface area contributed by atoms with Gasteiger partial charge in [0, 0.05) is 21.0 Å². The second-order valence-electron chi connectivity index (χ2n) is 3.97. The smallest absolute Gasteiger partial charge is 0.340 e. The first-order valence-electron chi connectivity index (χ1n) is 5.88. The van der Waals surface area contributed by atoms with E-state index in [0.717, 1.165) is 12.0 Å². The van der Waals surface area contributed by atoms with Crippen LogP contribution in [0.5, 0.6) is 0 Å². The Labute approximate surface area is 163 Å². The van der Waals surface area contributed by atoms with Gasteiger partial charge >= 0.3 is 5.97 Å². The number of nitrogens with zero attached hydrogens (tertiary/aromatic N) is 1. The van der Waals surface area contributed by atoms with Gasteiger partial charge in [0.2, 0.25) is 11.8 Å². The molecule has 0 saturated carbocycles. The van der Waals surface area contributed by atoms with Crippen LogP contribution < -0.4 is 4.90 Å². The fourth-order valence-corrected chi connectivity index (χ4v) is 6.01. The molecule has 0 saturated heterocycles. The first-order chi connectivity index (χ1) is 9.72. The fraction of sp³-hybridized carbons (Fsp3) is 0.308. The minimum Gasteiger partial charge on any atom is -0.462 e. The maximum atomic E-state index is 12.1. The highest BCUT2D eigenvalue weighted by Gasteiger charge is 2.27. The van der Waals surface area contributed by atoms with Crippen LogP contribution in [0.1, 0.15) is 31.1 Å². The topological polar surface area (TPSA) is 63.7 Å². The number of carbonyl (C=O) groups is 3. The Kier molecular flexibility index (Phi) is 7.30. The zero-order valence-electron chi connectivity index (χ0n) is 11.5. The quantitative estimate of drug-likeness (QED) is 0.380. The number of esters is 1. The van der Waals surface area contributed by atoms with Crippen LogP contribution >= 0.6 is 67.8 Å². The Bertz CT molecular complexity index is 602. The third-order valence-corrected chi connectivity index (χ3v) is 5.20. The van der Waals surface area contributed by atoms with Crippen LogP contribution in [0.4, 0.5) is 5.69 Å². The SMILES string of the molecule is CCOC(=O)c1c(I)cc(I)c(N(C(C)=O)C(C)=O)c1I. The molecule has 0 bridgehead atoms. The van der Waals surface area contributed by atoms with Crippen LogP contribution in [-0.2, 0) is 14.3 Å². The molecule has 1 aromatic carbocycles. The van der Waals surface area contributed by atoms with E-state index in [9.17, 15) is 14.4 Å². The summed E-state index contributed by atoms with van der Waals surface area (Å²) in [5, 5.41) is 0. The summed E-state index contributed by atoms with van der Waals surface area (Å²) in [5.41, 5.74) is 0.806. The minimum absolute atomic E-state index is 0.259. The van der Waals surface area contributed by atoms with Gasteiger partial charge in [-0.2, -0.15) is 0 Å². The van der Waals surface area contributed by atoms with Gasteiger partial charge in [0.25, 0.3) is 0 Å². The summed E-state index contributed by atoms with van der Waals surface area (Å²) in [6.45, 7) is 4.61. The van der Waals surface area contributed by atoms with Gasteiger partial charge in [-0.15, -0.1) is 0 Å². The molecule has 1 aromatic rings. The Hall–Kier alpha value is 0.0200. The highest BCUT2D eigenvalue weighted by atomic mass is 127. The number of halogens is 3. The molecule has 8 heteroatoms. The Balaban J connectivity index is 3.60. The normalized spacial score (nSPS) is 10.2. The summed E-state index contributed by atoms with van der Waals surface area (Å²) in [7, 11) is 0. The Morgan fingerprint density at radius 2 is 1.62 bits per heavy atom. The molecule has 0 spiro atoms. The lowest BCUT2D eigenvalue weighted by Gasteiger charge is -2.22. The van der Waals surface area contributed by atoms with Crippen LogP contribution in [-0.4, -0.2) is 24.4 Å². The average molecular weight is 627 g/mol. The van der Waals surface area contributed by atoms with Gasteiger partial charge in [-0.05, 0) is 80.8 Å². The molecule has 114 valence electrons. The third-order valence-electron chi connectivity index (χ3n) is 2.48. The number of amides is 2. The van der Waals surface area contributed by atoms with E-state index in [1.165, 1.54) is 13.8 Å². The summed E-state index contributed by atoms with van der Waals surface area (Å²) >= 11 is 6.06. The van der Waals surface area contributed by atoms with E-state index in [-0.39, 0.29) is 6.61 Å². The molecular weight excluding hydrogens is 615 g/mol. The van der Waals surface area contributed by atoms with Crippen molar-refractivity contribution >= 4 is 91.2 Å². The maximum Gasteiger partial charge on any atom is 0.340 e. The van der Waals surface area contributed by atoms with Crippen LogP contribution in [0.2, 0.25) is 0 Å². The molecule has 0 aliphatic heterocycles. The van der Waals surface area contributed by atoms with E-state index in [0.29, 0.717) is 14.8 Å². The number of hydrogen-bond acceptors (Lipinski definition) is 4. The van der Waals surface area contributed by atoms with E-state index in [1.807, 2.05) is 67.8 Å². The Morgan fingerprint density at radius 3 is 2.05 bits per heavy atom. The van der Waals surface area contributed by atoms with E-state index in [1.54, 1.807) is 13.0 Å². The zero-order chi connectivity index (χ0) is 16.3. The highest BCUT2D eigenvalue weighted by molar-refractivity contribution is 14.1. The number of imide groups is 1. The second-order valence-corrected chi connectivity index (χ2v) is 7.37. The van der Waals surface area contributed by atoms with Gasteiger partial charge in [0.1, 0.15) is 0 Å². The number of ether oxygens (including phenoxy) is 1. The number of hydrogen-bond donors (Lipinski definition) is 0. The van der Waals surface area contributed by atoms with Gasteiger partial charge < -0.3 is 4.74 Å². The molecule has 0 radical (unpaired) electrons. The zero-order valence-corrected chi connectivity index (χ0v) is 18.0. The summed E-state index contributed by atoms with van der Waals surface area (Å²) in [6.07, 6.45) is 0. The van der Waals surface area contributed by atoms with Gasteiger partial charge in [0.15, 0.2) is 0 Å².